The summed E-state index contributed by atoms with van der Waals surface area (Å²) in [6.45, 7) is 17.5. The minimum atomic E-state index is -0.106. The Morgan fingerprint density at radius 2 is 1.45 bits per heavy atom. The van der Waals surface area contributed by atoms with Gasteiger partial charge in [0.25, 0.3) is 5.82 Å². The zero-order chi connectivity index (χ0) is 23.1. The van der Waals surface area contributed by atoms with Crippen molar-refractivity contribution in [2.45, 2.75) is 79.1 Å². The molecule has 2 heterocycles. The van der Waals surface area contributed by atoms with Gasteiger partial charge in [-0.25, -0.2) is 24.1 Å². The highest BCUT2D eigenvalue weighted by Gasteiger charge is 2.29. The van der Waals surface area contributed by atoms with Crippen molar-refractivity contribution in [3.8, 4) is 22.8 Å². The molecule has 0 spiro atoms. The molecule has 0 fully saturated rings. The highest BCUT2D eigenvalue weighted by molar-refractivity contribution is 5.68. The third-order valence-electron chi connectivity index (χ3n) is 6.91. The summed E-state index contributed by atoms with van der Waals surface area (Å²) in [5.74, 6) is 3.69. The molecule has 3 rings (SSSR count). The largest absolute Gasteiger partial charge is 0.288 e. The summed E-state index contributed by atoms with van der Waals surface area (Å²) in [5.41, 5.74) is 4.47. The predicted molar refractivity (Wildman–Crippen MR) is 127 cm³/mol. The Morgan fingerprint density at radius 1 is 0.903 bits per heavy atom. The molecule has 31 heavy (non-hydrogen) atoms. The fourth-order valence-corrected chi connectivity index (χ4v) is 3.63. The van der Waals surface area contributed by atoms with Crippen LogP contribution in [0.3, 0.4) is 0 Å². The fraction of sp³-hybridized carbons (Fsp3) is 0.538. The highest BCUT2D eigenvalue weighted by Crippen LogP contribution is 2.32. The van der Waals surface area contributed by atoms with Crippen LogP contribution in [0.1, 0.15) is 77.3 Å². The van der Waals surface area contributed by atoms with Crippen molar-refractivity contribution in [1.82, 2.24) is 19.5 Å². The first kappa shape index (κ1) is 23.1. The first-order valence-electron chi connectivity index (χ1n) is 11.3. The van der Waals surface area contributed by atoms with Crippen LogP contribution in [-0.4, -0.2) is 19.5 Å². The van der Waals surface area contributed by atoms with Crippen molar-refractivity contribution in [2.24, 2.45) is 14.1 Å². The van der Waals surface area contributed by atoms with Crippen LogP contribution >= 0.6 is 0 Å². The second-order valence-corrected chi connectivity index (χ2v) is 10.1. The van der Waals surface area contributed by atoms with Crippen molar-refractivity contribution in [2.75, 3.05) is 0 Å². The van der Waals surface area contributed by atoms with Crippen molar-refractivity contribution < 1.29 is 4.57 Å². The van der Waals surface area contributed by atoms with Gasteiger partial charge in [-0.3, -0.25) is 0 Å². The smallest absolute Gasteiger partial charge is 0.232 e. The Hall–Kier alpha value is -2.56. The zero-order valence-electron chi connectivity index (χ0n) is 21.0. The molecule has 0 atom stereocenters. The third-order valence-corrected chi connectivity index (χ3v) is 6.91. The summed E-state index contributed by atoms with van der Waals surface area (Å²) in [6, 6.07) is 6.53. The van der Waals surface area contributed by atoms with Gasteiger partial charge in [0.15, 0.2) is 5.82 Å². The van der Waals surface area contributed by atoms with E-state index in [9.17, 15) is 0 Å². The monoisotopic (exact) mass is 420 g/mol. The number of aromatic nitrogens is 5. The molecule has 0 aliphatic heterocycles. The van der Waals surface area contributed by atoms with Gasteiger partial charge in [0.2, 0.25) is 0 Å². The Bertz CT molecular complexity index is 1070. The molecule has 0 aliphatic carbocycles. The van der Waals surface area contributed by atoms with Crippen LogP contribution in [0.25, 0.3) is 22.8 Å². The predicted octanol–water partition coefficient (Wildman–Crippen LogP) is 5.36. The molecule has 3 aromatic rings. The van der Waals surface area contributed by atoms with Crippen LogP contribution in [-0.2, 0) is 24.9 Å². The molecule has 0 aliphatic rings. The number of imidazole rings is 1. The van der Waals surface area contributed by atoms with Gasteiger partial charge in [-0.15, -0.1) is 0 Å². The number of aryl methyl sites for hydroxylation is 3. The van der Waals surface area contributed by atoms with Gasteiger partial charge in [-0.2, -0.15) is 0 Å². The van der Waals surface area contributed by atoms with Crippen LogP contribution in [0, 0.1) is 13.8 Å². The lowest BCUT2D eigenvalue weighted by Gasteiger charge is -2.26. The molecule has 2 aromatic heterocycles. The molecule has 0 saturated carbocycles. The Morgan fingerprint density at radius 3 is 1.90 bits per heavy atom. The topological polar surface area (TPSA) is 47.5 Å². The van der Waals surface area contributed by atoms with Crippen molar-refractivity contribution in [3.05, 3.63) is 47.3 Å². The van der Waals surface area contributed by atoms with Gasteiger partial charge in [-0.1, -0.05) is 53.7 Å². The van der Waals surface area contributed by atoms with Crippen LogP contribution in [0.4, 0.5) is 0 Å². The molecular weight excluding hydrogens is 382 g/mol. The lowest BCUT2D eigenvalue weighted by molar-refractivity contribution is -0.659. The maximum Gasteiger partial charge on any atom is 0.288 e. The molecule has 5 nitrogen and oxygen atoms in total. The van der Waals surface area contributed by atoms with E-state index in [1.54, 1.807) is 0 Å². The molecule has 166 valence electrons. The molecule has 0 unspecified atom stereocenters. The number of hydrogen-bond acceptors (Lipinski definition) is 3. The molecular formula is C26H38N5+. The van der Waals surface area contributed by atoms with E-state index in [-0.39, 0.29) is 10.8 Å². The number of benzene rings is 1. The third kappa shape index (κ3) is 4.28. The average molecular weight is 421 g/mol. The minimum absolute atomic E-state index is 0.106. The van der Waals surface area contributed by atoms with E-state index in [2.05, 4.69) is 103 Å². The van der Waals surface area contributed by atoms with Crippen LogP contribution in [0.15, 0.2) is 24.4 Å². The second kappa shape index (κ2) is 8.18. The van der Waals surface area contributed by atoms with Gasteiger partial charge in [0, 0.05) is 23.3 Å². The molecule has 5 heteroatoms. The second-order valence-electron chi connectivity index (χ2n) is 10.1. The summed E-state index contributed by atoms with van der Waals surface area (Å²) in [7, 11) is 4.21. The van der Waals surface area contributed by atoms with E-state index in [1.165, 1.54) is 22.6 Å². The summed E-state index contributed by atoms with van der Waals surface area (Å²) >= 11 is 0. The number of nitrogens with zero attached hydrogens (tertiary/aromatic N) is 5. The Labute approximate surface area is 187 Å². The van der Waals surface area contributed by atoms with E-state index in [1.807, 2.05) is 0 Å². The molecule has 0 saturated heterocycles. The van der Waals surface area contributed by atoms with Crippen molar-refractivity contribution in [1.29, 1.82) is 0 Å². The molecule has 0 N–H and O–H groups in total. The maximum absolute atomic E-state index is 4.97. The lowest BCUT2D eigenvalue weighted by atomic mass is 9.87. The quantitative estimate of drug-likeness (QED) is 0.504. The van der Waals surface area contributed by atoms with E-state index >= 15 is 0 Å². The van der Waals surface area contributed by atoms with Gasteiger partial charge in [0.05, 0.1) is 19.7 Å². The molecule has 0 bridgehead atoms. The normalized spacial score (nSPS) is 12.5. The van der Waals surface area contributed by atoms with Gasteiger partial charge in [-0.05, 0) is 31.4 Å². The number of rotatable bonds is 6. The summed E-state index contributed by atoms with van der Waals surface area (Å²) in [4.78, 5) is 14.9. The lowest BCUT2D eigenvalue weighted by Crippen LogP contribution is -2.29. The SMILES string of the molecule is CCC(C)(C)c1nc(-c2ccc(C)c(-c3n(C)c(C)c[n+]3C)c2)nc(C(C)(C)CC)n1. The number of hydrogen-bond donors (Lipinski definition) is 0. The van der Waals surface area contributed by atoms with Gasteiger partial charge >= 0.3 is 0 Å². The molecule has 0 radical (unpaired) electrons. The zero-order valence-corrected chi connectivity index (χ0v) is 21.0. The summed E-state index contributed by atoms with van der Waals surface area (Å²) in [5, 5.41) is 0. The van der Waals surface area contributed by atoms with Crippen molar-refractivity contribution in [3.63, 3.8) is 0 Å². The Kier molecular flexibility index (Phi) is 6.09. The summed E-state index contributed by atoms with van der Waals surface area (Å²) < 4.78 is 4.42. The summed E-state index contributed by atoms with van der Waals surface area (Å²) in [6.07, 6.45) is 4.11. The standard InChI is InChI=1S/C26H38N5/c1-11-25(5,6)23-27-21(28-24(29-23)26(7,8)12-2)19-14-13-17(3)20(15-19)22-30(9)16-18(4)31(22)10/h13-16H,11-12H2,1-10H3/q+1. The first-order valence-corrected chi connectivity index (χ1v) is 11.3. The van der Waals surface area contributed by atoms with E-state index in [4.69, 9.17) is 15.0 Å². The maximum atomic E-state index is 4.97. The molecule has 1 aromatic carbocycles. The van der Waals surface area contributed by atoms with Crippen LogP contribution < -0.4 is 4.57 Å². The minimum Gasteiger partial charge on any atom is -0.232 e. The van der Waals surface area contributed by atoms with E-state index in [0.717, 1.165) is 35.9 Å². The fourth-order valence-electron chi connectivity index (χ4n) is 3.63. The van der Waals surface area contributed by atoms with E-state index < -0.39 is 0 Å². The Balaban J connectivity index is 2.25. The van der Waals surface area contributed by atoms with Crippen LogP contribution in [0.2, 0.25) is 0 Å². The average Bonchev–Trinajstić information content (AvgIpc) is 2.99. The molecule has 0 amide bonds. The van der Waals surface area contributed by atoms with E-state index in [0.29, 0.717) is 0 Å². The van der Waals surface area contributed by atoms with Gasteiger partial charge in [0.1, 0.15) is 23.5 Å². The highest BCUT2D eigenvalue weighted by atomic mass is 15.1. The first-order chi connectivity index (χ1) is 14.4. The van der Waals surface area contributed by atoms with Crippen molar-refractivity contribution >= 4 is 0 Å². The van der Waals surface area contributed by atoms with Crippen LogP contribution in [0.5, 0.6) is 0 Å². The van der Waals surface area contributed by atoms with Gasteiger partial charge < -0.3 is 0 Å².